The van der Waals surface area contributed by atoms with Gasteiger partial charge in [0.15, 0.2) is 5.78 Å². The molecule has 3 heteroatoms. The van der Waals surface area contributed by atoms with Crippen LogP contribution in [0.2, 0.25) is 0 Å². The van der Waals surface area contributed by atoms with Gasteiger partial charge in [-0.2, -0.15) is 0 Å². The van der Waals surface area contributed by atoms with Gasteiger partial charge in [0.1, 0.15) is 11.7 Å². The van der Waals surface area contributed by atoms with Crippen LogP contribution in [-0.4, -0.2) is 28.7 Å². The van der Waals surface area contributed by atoms with E-state index < -0.39 is 0 Å². The predicted octanol–water partition coefficient (Wildman–Crippen LogP) is 3.09. The average molecular weight is 304 g/mol. The highest BCUT2D eigenvalue weighted by atomic mass is 16.6. The van der Waals surface area contributed by atoms with E-state index in [0.29, 0.717) is 17.6 Å². The number of fused-ring (bicyclic) bond motifs is 4. The van der Waals surface area contributed by atoms with Gasteiger partial charge in [-0.05, 0) is 68.1 Å². The number of epoxide rings is 1. The standard InChI is InChI=1S/C19H28O3/c1-17-8-6-13-11(12(17)3-4-15(17)21)5-10-19-16(22-19)14(20)7-9-18(13,19)2/h11-13,15-16,21H,3-10H2,1-2H3/t11-,12-,13-,15?,16?,17-,18+,19?/m0/s1. The SMILES string of the molecule is C[C@]12CC[C@H]3[C@@H](CCC45OC4C(=O)CC[C@]35C)[C@@H]1CCC2O. The van der Waals surface area contributed by atoms with Gasteiger partial charge in [-0.1, -0.05) is 13.8 Å². The molecule has 8 atom stereocenters. The van der Waals surface area contributed by atoms with Gasteiger partial charge < -0.3 is 9.84 Å². The van der Waals surface area contributed by atoms with Crippen LogP contribution in [0.25, 0.3) is 0 Å². The highest BCUT2D eigenvalue weighted by Gasteiger charge is 2.76. The van der Waals surface area contributed by atoms with Gasteiger partial charge in [0.05, 0.1) is 6.10 Å². The maximum Gasteiger partial charge on any atom is 0.164 e. The summed E-state index contributed by atoms with van der Waals surface area (Å²) >= 11 is 0. The summed E-state index contributed by atoms with van der Waals surface area (Å²) in [4.78, 5) is 12.1. The summed E-state index contributed by atoms with van der Waals surface area (Å²) in [6.45, 7) is 4.75. The molecule has 1 saturated heterocycles. The third kappa shape index (κ3) is 1.36. The molecule has 0 aromatic heterocycles. The van der Waals surface area contributed by atoms with Gasteiger partial charge in [0.25, 0.3) is 0 Å². The van der Waals surface area contributed by atoms with Crippen molar-refractivity contribution in [2.75, 3.05) is 0 Å². The second-order valence-electron chi connectivity index (χ2n) is 9.32. The zero-order valence-corrected chi connectivity index (χ0v) is 13.8. The van der Waals surface area contributed by atoms with Gasteiger partial charge >= 0.3 is 0 Å². The average Bonchev–Trinajstić information content (AvgIpc) is 3.17. The summed E-state index contributed by atoms with van der Waals surface area (Å²) in [5.41, 5.74) is 0.244. The molecule has 22 heavy (non-hydrogen) atoms. The summed E-state index contributed by atoms with van der Waals surface area (Å²) in [6.07, 6.45) is 8.42. The smallest absolute Gasteiger partial charge is 0.164 e. The van der Waals surface area contributed by atoms with E-state index in [4.69, 9.17) is 4.74 Å². The van der Waals surface area contributed by atoms with Crippen molar-refractivity contribution in [3.05, 3.63) is 0 Å². The normalized spacial score (nSPS) is 62.7. The Balaban J connectivity index is 1.51. The Labute approximate surface area is 132 Å². The lowest BCUT2D eigenvalue weighted by Gasteiger charge is -2.59. The lowest BCUT2D eigenvalue weighted by Crippen LogP contribution is -2.58. The molecule has 0 aromatic rings. The van der Waals surface area contributed by atoms with Gasteiger partial charge in [0.2, 0.25) is 0 Å². The van der Waals surface area contributed by atoms with Crippen molar-refractivity contribution < 1.29 is 14.6 Å². The number of hydrogen-bond donors (Lipinski definition) is 1. The minimum Gasteiger partial charge on any atom is -0.393 e. The van der Waals surface area contributed by atoms with Crippen molar-refractivity contribution in [2.45, 2.75) is 83.0 Å². The highest BCUT2D eigenvalue weighted by molar-refractivity contribution is 5.88. The molecule has 0 aromatic carbocycles. The van der Waals surface area contributed by atoms with Crippen LogP contribution in [0.5, 0.6) is 0 Å². The number of aliphatic hydroxyl groups is 1. The molecule has 5 rings (SSSR count). The summed E-state index contributed by atoms with van der Waals surface area (Å²) in [7, 11) is 0. The number of rotatable bonds is 0. The molecule has 1 heterocycles. The van der Waals surface area contributed by atoms with E-state index in [2.05, 4.69) is 13.8 Å². The van der Waals surface area contributed by atoms with Gasteiger partial charge in [-0.3, -0.25) is 4.79 Å². The fraction of sp³-hybridized carbons (Fsp3) is 0.947. The van der Waals surface area contributed by atoms with Crippen molar-refractivity contribution in [1.82, 2.24) is 0 Å². The van der Waals surface area contributed by atoms with Crippen molar-refractivity contribution in [1.29, 1.82) is 0 Å². The van der Waals surface area contributed by atoms with Gasteiger partial charge in [0, 0.05) is 11.8 Å². The quantitative estimate of drug-likeness (QED) is 0.700. The Bertz CT molecular complexity index is 545. The molecule has 0 amide bonds. The van der Waals surface area contributed by atoms with E-state index in [1.807, 2.05) is 0 Å². The molecule has 4 aliphatic carbocycles. The first-order valence-electron chi connectivity index (χ1n) is 9.31. The van der Waals surface area contributed by atoms with Crippen LogP contribution in [0.15, 0.2) is 0 Å². The second kappa shape index (κ2) is 3.97. The van der Waals surface area contributed by atoms with Crippen LogP contribution >= 0.6 is 0 Å². The largest absolute Gasteiger partial charge is 0.393 e. The molecule has 122 valence electrons. The fourth-order valence-corrected chi connectivity index (χ4v) is 7.47. The first-order valence-corrected chi connectivity index (χ1v) is 9.31. The molecule has 1 N–H and O–H groups in total. The van der Waals surface area contributed by atoms with Crippen LogP contribution < -0.4 is 0 Å². The maximum absolute atomic E-state index is 12.1. The topological polar surface area (TPSA) is 49.8 Å². The van der Waals surface area contributed by atoms with E-state index in [1.54, 1.807) is 0 Å². The Morgan fingerprint density at radius 1 is 1.05 bits per heavy atom. The zero-order chi connectivity index (χ0) is 15.3. The van der Waals surface area contributed by atoms with Crippen LogP contribution in [0.1, 0.15) is 65.2 Å². The molecule has 3 nitrogen and oxygen atoms in total. The molecule has 0 bridgehead atoms. The summed E-state index contributed by atoms with van der Waals surface area (Å²) in [6, 6.07) is 0. The lowest BCUT2D eigenvalue weighted by molar-refractivity contribution is -0.133. The predicted molar refractivity (Wildman–Crippen MR) is 82.2 cm³/mol. The number of carbonyl (C=O) groups is 1. The number of hydrogen-bond acceptors (Lipinski definition) is 3. The Kier molecular flexibility index (Phi) is 2.52. The molecule has 1 aliphatic heterocycles. The lowest BCUT2D eigenvalue weighted by atomic mass is 9.45. The number of ketones is 1. The minimum absolute atomic E-state index is 0.0744. The van der Waals surface area contributed by atoms with E-state index in [0.717, 1.165) is 38.0 Å². The Morgan fingerprint density at radius 2 is 1.86 bits per heavy atom. The molecule has 4 saturated carbocycles. The van der Waals surface area contributed by atoms with E-state index >= 15 is 0 Å². The molecular formula is C19H28O3. The summed E-state index contributed by atoms with van der Waals surface area (Å²) < 4.78 is 6.09. The Morgan fingerprint density at radius 3 is 2.68 bits per heavy atom. The van der Waals surface area contributed by atoms with Crippen LogP contribution in [0.4, 0.5) is 0 Å². The van der Waals surface area contributed by atoms with E-state index in [-0.39, 0.29) is 28.6 Å². The van der Waals surface area contributed by atoms with E-state index in [1.165, 1.54) is 19.3 Å². The molecule has 1 spiro atoms. The van der Waals surface area contributed by atoms with Gasteiger partial charge in [-0.25, -0.2) is 0 Å². The van der Waals surface area contributed by atoms with E-state index in [9.17, 15) is 9.90 Å². The minimum atomic E-state index is -0.103. The van der Waals surface area contributed by atoms with Crippen LogP contribution in [-0.2, 0) is 9.53 Å². The summed E-state index contributed by atoms with van der Waals surface area (Å²) in [5, 5.41) is 10.5. The highest BCUT2D eigenvalue weighted by Crippen LogP contribution is 2.72. The molecule has 5 aliphatic rings. The number of carbonyl (C=O) groups excluding carboxylic acids is 1. The maximum atomic E-state index is 12.1. The zero-order valence-electron chi connectivity index (χ0n) is 13.8. The first kappa shape index (κ1) is 14.0. The number of ether oxygens (including phenoxy) is 1. The van der Waals surface area contributed by atoms with Gasteiger partial charge in [-0.15, -0.1) is 0 Å². The first-order chi connectivity index (χ1) is 10.4. The number of Topliss-reactive ketones (excluding diaryl/α,β-unsaturated/α-hetero) is 1. The molecular weight excluding hydrogens is 276 g/mol. The third-order valence-electron chi connectivity index (χ3n) is 8.90. The number of aliphatic hydroxyl groups excluding tert-OH is 1. The fourth-order valence-electron chi connectivity index (χ4n) is 7.47. The van der Waals surface area contributed by atoms with Crippen molar-refractivity contribution in [2.24, 2.45) is 28.6 Å². The molecule has 5 fully saturated rings. The second-order valence-corrected chi connectivity index (χ2v) is 9.32. The third-order valence-corrected chi connectivity index (χ3v) is 8.90. The Hall–Kier alpha value is -0.410. The van der Waals surface area contributed by atoms with Crippen LogP contribution in [0, 0.1) is 28.6 Å². The molecule has 0 radical (unpaired) electrons. The monoisotopic (exact) mass is 304 g/mol. The van der Waals surface area contributed by atoms with Crippen LogP contribution in [0.3, 0.4) is 0 Å². The van der Waals surface area contributed by atoms with Crippen molar-refractivity contribution >= 4 is 5.78 Å². The summed E-state index contributed by atoms with van der Waals surface area (Å²) in [5.74, 6) is 2.48. The molecule has 3 unspecified atom stereocenters. The van der Waals surface area contributed by atoms with Crippen molar-refractivity contribution in [3.63, 3.8) is 0 Å². The van der Waals surface area contributed by atoms with Crippen molar-refractivity contribution in [3.8, 4) is 0 Å².